The lowest BCUT2D eigenvalue weighted by Gasteiger charge is -2.16. The Morgan fingerprint density at radius 3 is 2.57 bits per heavy atom. The van der Waals surface area contributed by atoms with Crippen molar-refractivity contribution in [2.24, 2.45) is 0 Å². The average Bonchev–Trinajstić information content (AvgIpc) is 2.46. The van der Waals surface area contributed by atoms with E-state index in [4.69, 9.17) is 14.2 Å². The first-order valence-electron chi connectivity index (χ1n) is 6.72. The molecular formula is C16H23NO4. The van der Waals surface area contributed by atoms with Crippen LogP contribution in [0.1, 0.15) is 22.8 Å². The van der Waals surface area contributed by atoms with Gasteiger partial charge < -0.3 is 19.5 Å². The summed E-state index contributed by atoms with van der Waals surface area (Å²) in [6, 6.07) is 3.39. The Morgan fingerprint density at radius 1 is 1.33 bits per heavy atom. The van der Waals surface area contributed by atoms with Gasteiger partial charge in [0.1, 0.15) is 0 Å². The highest BCUT2D eigenvalue weighted by Gasteiger charge is 2.16. The molecule has 5 nitrogen and oxygen atoms in total. The molecule has 0 saturated carbocycles. The van der Waals surface area contributed by atoms with Gasteiger partial charge in [-0.1, -0.05) is 6.08 Å². The number of carbonyl (C=O) groups excluding carboxylic acids is 1. The molecule has 1 aromatic rings. The van der Waals surface area contributed by atoms with Crippen molar-refractivity contribution in [3.05, 3.63) is 35.9 Å². The summed E-state index contributed by atoms with van der Waals surface area (Å²) in [4.78, 5) is 12.3. The molecule has 0 saturated heterocycles. The number of carbonyl (C=O) groups is 1. The predicted molar refractivity (Wildman–Crippen MR) is 82.3 cm³/mol. The third-order valence-electron chi connectivity index (χ3n) is 2.98. The van der Waals surface area contributed by atoms with E-state index in [0.717, 1.165) is 5.56 Å². The largest absolute Gasteiger partial charge is 0.493 e. The maximum atomic E-state index is 12.3. The van der Waals surface area contributed by atoms with Crippen LogP contribution in [0.2, 0.25) is 0 Å². The van der Waals surface area contributed by atoms with Crippen molar-refractivity contribution in [2.75, 3.05) is 27.9 Å². The molecule has 116 valence electrons. The molecule has 0 aliphatic rings. The quantitative estimate of drug-likeness (QED) is 0.747. The van der Waals surface area contributed by atoms with Crippen molar-refractivity contribution in [3.63, 3.8) is 0 Å². The van der Waals surface area contributed by atoms with E-state index >= 15 is 0 Å². The van der Waals surface area contributed by atoms with E-state index in [1.807, 2.05) is 6.92 Å². The minimum absolute atomic E-state index is 0.0709. The molecule has 0 fully saturated rings. The summed E-state index contributed by atoms with van der Waals surface area (Å²) in [5.74, 6) is 0.978. The summed E-state index contributed by atoms with van der Waals surface area (Å²) in [6.07, 6.45) is 2.35. The molecule has 0 aliphatic carbocycles. The number of benzene rings is 1. The number of amides is 1. The van der Waals surface area contributed by atoms with E-state index in [0.29, 0.717) is 30.1 Å². The van der Waals surface area contributed by atoms with Gasteiger partial charge in [-0.2, -0.15) is 0 Å². The molecule has 0 aliphatic heterocycles. The Hall–Kier alpha value is -2.01. The summed E-state index contributed by atoms with van der Waals surface area (Å²) >= 11 is 0. The van der Waals surface area contributed by atoms with Crippen LogP contribution in [0.3, 0.4) is 0 Å². The second-order valence-corrected chi connectivity index (χ2v) is 4.69. The minimum atomic E-state index is -0.175. The molecule has 1 rings (SSSR count). The molecule has 0 bridgehead atoms. The number of hydrogen-bond acceptors (Lipinski definition) is 4. The van der Waals surface area contributed by atoms with Gasteiger partial charge >= 0.3 is 0 Å². The predicted octanol–water partition coefficient (Wildman–Crippen LogP) is 2.20. The van der Waals surface area contributed by atoms with Gasteiger partial charge in [-0.25, -0.2) is 0 Å². The fourth-order valence-corrected chi connectivity index (χ4v) is 2.08. The van der Waals surface area contributed by atoms with Gasteiger partial charge in [0.05, 0.1) is 20.8 Å². The molecule has 1 N–H and O–H groups in total. The number of allylic oxidation sites excluding steroid dienone is 1. The second kappa shape index (κ2) is 8.32. The van der Waals surface area contributed by atoms with E-state index in [9.17, 15) is 4.79 Å². The second-order valence-electron chi connectivity index (χ2n) is 4.69. The van der Waals surface area contributed by atoms with Gasteiger partial charge in [0, 0.05) is 24.3 Å². The van der Waals surface area contributed by atoms with Crippen LogP contribution in [0, 0.1) is 0 Å². The van der Waals surface area contributed by atoms with E-state index in [1.54, 1.807) is 39.5 Å². The zero-order chi connectivity index (χ0) is 15.8. The highest BCUT2D eigenvalue weighted by molar-refractivity contribution is 5.95. The number of nitrogens with one attached hydrogen (secondary N) is 1. The molecule has 1 aromatic carbocycles. The van der Waals surface area contributed by atoms with Crippen LogP contribution in [-0.4, -0.2) is 39.9 Å². The molecule has 1 atom stereocenters. The molecule has 1 amide bonds. The first kappa shape index (κ1) is 17.0. The van der Waals surface area contributed by atoms with Crippen LogP contribution in [0.4, 0.5) is 0 Å². The Balaban J connectivity index is 3.09. The van der Waals surface area contributed by atoms with Crippen molar-refractivity contribution in [3.8, 4) is 11.5 Å². The molecular weight excluding hydrogens is 270 g/mol. The highest BCUT2D eigenvalue weighted by atomic mass is 16.5. The first-order valence-corrected chi connectivity index (χ1v) is 6.72. The summed E-state index contributed by atoms with van der Waals surface area (Å²) in [5, 5.41) is 2.87. The maximum absolute atomic E-state index is 12.3. The van der Waals surface area contributed by atoms with Crippen LogP contribution < -0.4 is 14.8 Å². The minimum Gasteiger partial charge on any atom is -0.493 e. The van der Waals surface area contributed by atoms with Crippen LogP contribution in [0.5, 0.6) is 11.5 Å². The molecule has 21 heavy (non-hydrogen) atoms. The fraction of sp³-hybridized carbons (Fsp3) is 0.438. The van der Waals surface area contributed by atoms with Gasteiger partial charge in [0.2, 0.25) is 0 Å². The topological polar surface area (TPSA) is 56.8 Å². The van der Waals surface area contributed by atoms with E-state index in [2.05, 4.69) is 11.9 Å². The van der Waals surface area contributed by atoms with Crippen LogP contribution >= 0.6 is 0 Å². The Kier molecular flexibility index (Phi) is 6.75. The van der Waals surface area contributed by atoms with Crippen molar-refractivity contribution in [1.82, 2.24) is 5.32 Å². The number of methoxy groups -OCH3 is 3. The maximum Gasteiger partial charge on any atom is 0.251 e. The number of ether oxygens (including phenoxy) is 3. The average molecular weight is 293 g/mol. The van der Waals surface area contributed by atoms with E-state index in [1.165, 1.54) is 0 Å². The van der Waals surface area contributed by atoms with E-state index < -0.39 is 0 Å². The Morgan fingerprint density at radius 2 is 2.05 bits per heavy atom. The number of hydrogen-bond donors (Lipinski definition) is 1. The first-order chi connectivity index (χ1) is 10.1. The van der Waals surface area contributed by atoms with Crippen molar-refractivity contribution in [2.45, 2.75) is 19.4 Å². The monoisotopic (exact) mass is 293 g/mol. The molecule has 0 radical (unpaired) electrons. The third-order valence-corrected chi connectivity index (χ3v) is 2.98. The highest BCUT2D eigenvalue weighted by Crippen LogP contribution is 2.33. The van der Waals surface area contributed by atoms with Crippen LogP contribution in [0.25, 0.3) is 0 Å². The zero-order valence-corrected chi connectivity index (χ0v) is 13.1. The molecule has 5 heteroatoms. The molecule has 0 spiro atoms. The fourth-order valence-electron chi connectivity index (χ4n) is 2.08. The van der Waals surface area contributed by atoms with Crippen molar-refractivity contribution < 1.29 is 19.0 Å². The number of rotatable bonds is 8. The standard InChI is InChI=1S/C16H23NO4/c1-6-7-12-8-13(9-14(20-4)15(12)21-5)16(18)17-11(2)10-19-3/h6,8-9,11H,1,7,10H2,2-5H3,(H,17,18). The molecule has 0 aromatic heterocycles. The van der Waals surface area contributed by atoms with Crippen LogP contribution in [-0.2, 0) is 11.2 Å². The van der Waals surface area contributed by atoms with Gasteiger partial charge in [-0.05, 0) is 25.5 Å². The van der Waals surface area contributed by atoms with Crippen molar-refractivity contribution >= 4 is 5.91 Å². The third kappa shape index (κ3) is 4.49. The lowest BCUT2D eigenvalue weighted by Crippen LogP contribution is -2.35. The summed E-state index contributed by atoms with van der Waals surface area (Å²) in [6.45, 7) is 6.06. The van der Waals surface area contributed by atoms with Gasteiger partial charge in [-0.3, -0.25) is 4.79 Å². The van der Waals surface area contributed by atoms with Crippen molar-refractivity contribution in [1.29, 1.82) is 0 Å². The van der Waals surface area contributed by atoms with Gasteiger partial charge in [0.25, 0.3) is 5.91 Å². The van der Waals surface area contributed by atoms with Gasteiger partial charge in [-0.15, -0.1) is 6.58 Å². The summed E-state index contributed by atoms with van der Waals surface area (Å²) in [5.41, 5.74) is 1.38. The lowest BCUT2D eigenvalue weighted by molar-refractivity contribution is 0.0905. The van der Waals surface area contributed by atoms with E-state index in [-0.39, 0.29) is 11.9 Å². The zero-order valence-electron chi connectivity index (χ0n) is 13.1. The summed E-state index contributed by atoms with van der Waals surface area (Å²) in [7, 11) is 4.72. The Labute approximate surface area is 125 Å². The van der Waals surface area contributed by atoms with Crippen LogP contribution in [0.15, 0.2) is 24.8 Å². The molecule has 0 heterocycles. The Bertz CT molecular complexity index is 499. The normalized spacial score (nSPS) is 11.6. The lowest BCUT2D eigenvalue weighted by atomic mass is 10.0. The SMILES string of the molecule is C=CCc1cc(C(=O)NC(C)COC)cc(OC)c1OC. The van der Waals surface area contributed by atoms with Gasteiger partial charge in [0.15, 0.2) is 11.5 Å². The molecule has 1 unspecified atom stereocenters. The smallest absolute Gasteiger partial charge is 0.251 e. The summed E-state index contributed by atoms with van der Waals surface area (Å²) < 4.78 is 15.7.